The van der Waals surface area contributed by atoms with Gasteiger partial charge in [0.05, 0.1) is 16.9 Å². The fourth-order valence-corrected chi connectivity index (χ4v) is 4.28. The van der Waals surface area contributed by atoms with Crippen LogP contribution in [0.5, 0.6) is 0 Å². The molecule has 0 aliphatic carbocycles. The lowest BCUT2D eigenvalue weighted by molar-refractivity contribution is -0.0155. The predicted molar refractivity (Wildman–Crippen MR) is 103 cm³/mol. The summed E-state index contributed by atoms with van der Waals surface area (Å²) in [5, 5.41) is 1.66. The second-order valence-corrected chi connectivity index (χ2v) is 8.39. The number of benzene rings is 2. The SMILES string of the molecule is CCCCCCCCS(=O)(=O)ON1C(=O)c2cccc3cccc(c23)C1=O. The van der Waals surface area contributed by atoms with E-state index in [0.29, 0.717) is 16.9 Å². The van der Waals surface area contributed by atoms with E-state index in [4.69, 9.17) is 4.28 Å². The van der Waals surface area contributed by atoms with Gasteiger partial charge in [-0.25, -0.2) is 0 Å². The molecular weight excluding hydrogens is 366 g/mol. The van der Waals surface area contributed by atoms with Crippen molar-refractivity contribution < 1.29 is 22.3 Å². The van der Waals surface area contributed by atoms with Gasteiger partial charge in [-0.1, -0.05) is 63.3 Å². The molecule has 0 bridgehead atoms. The van der Waals surface area contributed by atoms with Crippen molar-refractivity contribution in [3.63, 3.8) is 0 Å². The van der Waals surface area contributed by atoms with Gasteiger partial charge in [0.1, 0.15) is 0 Å². The first-order valence-electron chi connectivity index (χ1n) is 9.27. The number of nitrogens with zero attached hydrogens (tertiary/aromatic N) is 1. The highest BCUT2D eigenvalue weighted by atomic mass is 32.2. The van der Waals surface area contributed by atoms with Crippen LogP contribution in [0.1, 0.15) is 66.2 Å². The second-order valence-electron chi connectivity index (χ2n) is 6.72. The largest absolute Gasteiger partial charge is 0.288 e. The van der Waals surface area contributed by atoms with Gasteiger partial charge >= 0.3 is 0 Å². The van der Waals surface area contributed by atoms with Gasteiger partial charge in [0.15, 0.2) is 0 Å². The molecular formula is C20H23NO5S. The number of unbranched alkanes of at least 4 members (excludes halogenated alkanes) is 5. The first kappa shape index (κ1) is 19.5. The molecule has 2 aromatic carbocycles. The first-order valence-corrected chi connectivity index (χ1v) is 10.8. The highest BCUT2D eigenvalue weighted by Gasteiger charge is 2.36. The van der Waals surface area contributed by atoms with Crippen molar-refractivity contribution in [2.75, 3.05) is 5.75 Å². The van der Waals surface area contributed by atoms with Crippen LogP contribution < -0.4 is 0 Å². The first-order chi connectivity index (χ1) is 12.9. The molecule has 7 heteroatoms. The minimum atomic E-state index is -4.03. The molecule has 144 valence electrons. The zero-order valence-corrected chi connectivity index (χ0v) is 16.1. The van der Waals surface area contributed by atoms with Crippen molar-refractivity contribution in [1.29, 1.82) is 0 Å². The van der Waals surface area contributed by atoms with Crippen LogP contribution in [0, 0.1) is 0 Å². The molecule has 0 fully saturated rings. The van der Waals surface area contributed by atoms with Crippen molar-refractivity contribution in [2.24, 2.45) is 0 Å². The summed E-state index contributed by atoms with van der Waals surface area (Å²) < 4.78 is 29.5. The van der Waals surface area contributed by atoms with Crippen LogP contribution in [-0.2, 0) is 14.4 Å². The van der Waals surface area contributed by atoms with E-state index in [1.54, 1.807) is 36.4 Å². The van der Waals surface area contributed by atoms with Gasteiger partial charge in [-0.2, -0.15) is 8.42 Å². The molecule has 2 aromatic rings. The zero-order valence-electron chi connectivity index (χ0n) is 15.3. The number of rotatable bonds is 9. The van der Waals surface area contributed by atoms with Crippen LogP contribution in [0.2, 0.25) is 0 Å². The molecule has 0 unspecified atom stereocenters. The average molecular weight is 389 g/mol. The van der Waals surface area contributed by atoms with Crippen molar-refractivity contribution in [3.05, 3.63) is 47.5 Å². The number of carbonyl (C=O) groups excluding carboxylic acids is 2. The standard InChI is InChI=1S/C20H23NO5S/c1-2-3-4-5-6-7-14-27(24,25)26-21-19(22)16-12-8-10-15-11-9-13-17(18(15)16)20(21)23/h8-13H,2-7,14H2,1H3. The van der Waals surface area contributed by atoms with Gasteiger partial charge in [0.25, 0.3) is 21.9 Å². The molecule has 0 N–H and O–H groups in total. The van der Waals surface area contributed by atoms with Crippen LogP contribution in [0.25, 0.3) is 10.8 Å². The van der Waals surface area contributed by atoms with Crippen LogP contribution in [0.15, 0.2) is 36.4 Å². The van der Waals surface area contributed by atoms with Crippen LogP contribution in [-0.4, -0.2) is 31.0 Å². The minimum absolute atomic E-state index is 0.220. The molecule has 0 atom stereocenters. The molecule has 1 heterocycles. The molecule has 0 saturated carbocycles. The Labute approximate surface area is 159 Å². The van der Waals surface area contributed by atoms with Crippen LogP contribution >= 0.6 is 0 Å². The van der Waals surface area contributed by atoms with E-state index in [1.807, 2.05) is 0 Å². The fraction of sp³-hybridized carbons (Fsp3) is 0.400. The maximum atomic E-state index is 12.7. The highest BCUT2D eigenvalue weighted by Crippen LogP contribution is 2.30. The number of hydrogen-bond acceptors (Lipinski definition) is 5. The quantitative estimate of drug-likeness (QED) is 0.477. The van der Waals surface area contributed by atoms with E-state index < -0.39 is 21.9 Å². The highest BCUT2D eigenvalue weighted by molar-refractivity contribution is 7.86. The molecule has 0 spiro atoms. The number of hydrogen-bond donors (Lipinski definition) is 0. The lowest BCUT2D eigenvalue weighted by atomic mass is 9.95. The zero-order chi connectivity index (χ0) is 19.4. The Morgan fingerprint density at radius 1 is 0.852 bits per heavy atom. The van der Waals surface area contributed by atoms with Crippen molar-refractivity contribution in [2.45, 2.75) is 45.4 Å². The molecule has 0 aromatic heterocycles. The minimum Gasteiger partial charge on any atom is -0.266 e. The lowest BCUT2D eigenvalue weighted by Crippen LogP contribution is -2.42. The van der Waals surface area contributed by atoms with Crippen molar-refractivity contribution >= 4 is 32.7 Å². The maximum Gasteiger partial charge on any atom is 0.288 e. The van der Waals surface area contributed by atoms with Gasteiger partial charge in [-0.05, 0) is 23.9 Å². The van der Waals surface area contributed by atoms with E-state index in [9.17, 15) is 18.0 Å². The summed E-state index contributed by atoms with van der Waals surface area (Å²) in [7, 11) is -4.03. The monoisotopic (exact) mass is 389 g/mol. The van der Waals surface area contributed by atoms with E-state index in [2.05, 4.69) is 6.92 Å². The second kappa shape index (κ2) is 8.19. The summed E-state index contributed by atoms with van der Waals surface area (Å²) in [6.45, 7) is 2.11. The van der Waals surface area contributed by atoms with Crippen LogP contribution in [0.3, 0.4) is 0 Å². The van der Waals surface area contributed by atoms with Crippen molar-refractivity contribution in [1.82, 2.24) is 5.06 Å². The van der Waals surface area contributed by atoms with Gasteiger partial charge in [0, 0.05) is 5.39 Å². The number of hydroxylamine groups is 2. The Kier molecular flexibility index (Phi) is 5.92. The summed E-state index contributed by atoms with van der Waals surface area (Å²) in [5.41, 5.74) is 0.523. The average Bonchev–Trinajstić information content (AvgIpc) is 2.66. The normalized spacial score (nSPS) is 14.2. The third kappa shape index (κ3) is 4.20. The van der Waals surface area contributed by atoms with Gasteiger partial charge < -0.3 is 0 Å². The smallest absolute Gasteiger partial charge is 0.266 e. The molecule has 1 aliphatic rings. The lowest BCUT2D eigenvalue weighted by Gasteiger charge is -2.25. The van der Waals surface area contributed by atoms with Gasteiger partial charge in [-0.3, -0.25) is 9.59 Å². The summed E-state index contributed by atoms with van der Waals surface area (Å²) in [6.07, 6.45) is 5.49. The summed E-state index contributed by atoms with van der Waals surface area (Å²) in [4.78, 5) is 25.3. The molecule has 2 amide bonds. The van der Waals surface area contributed by atoms with E-state index in [-0.39, 0.29) is 16.9 Å². The Morgan fingerprint density at radius 2 is 1.41 bits per heavy atom. The van der Waals surface area contributed by atoms with E-state index in [0.717, 1.165) is 37.5 Å². The van der Waals surface area contributed by atoms with Crippen molar-refractivity contribution in [3.8, 4) is 0 Å². The topological polar surface area (TPSA) is 80.8 Å². The molecule has 3 rings (SSSR count). The molecule has 1 aliphatic heterocycles. The number of carbonyl (C=O) groups is 2. The molecule has 27 heavy (non-hydrogen) atoms. The van der Waals surface area contributed by atoms with Gasteiger partial charge in [-0.15, -0.1) is 9.35 Å². The van der Waals surface area contributed by atoms with Crippen LogP contribution in [0.4, 0.5) is 0 Å². The Hall–Kier alpha value is -2.25. The third-order valence-electron chi connectivity index (χ3n) is 4.67. The summed E-state index contributed by atoms with van der Waals surface area (Å²) in [6, 6.07) is 10.1. The molecule has 0 saturated heterocycles. The number of amides is 2. The Balaban J connectivity index is 1.73. The Bertz CT molecular complexity index is 917. The number of imide groups is 1. The van der Waals surface area contributed by atoms with Gasteiger partial charge in [0.2, 0.25) is 0 Å². The fourth-order valence-electron chi connectivity index (χ4n) is 3.29. The summed E-state index contributed by atoms with van der Waals surface area (Å²) >= 11 is 0. The molecule has 0 radical (unpaired) electrons. The van der Waals surface area contributed by atoms with E-state index in [1.165, 1.54) is 0 Å². The Morgan fingerprint density at radius 3 is 2.00 bits per heavy atom. The maximum absolute atomic E-state index is 12.7. The predicted octanol–water partition coefficient (Wildman–Crippen LogP) is 4.06. The molecule has 6 nitrogen and oxygen atoms in total. The summed E-state index contributed by atoms with van der Waals surface area (Å²) in [5.74, 6) is -1.73. The third-order valence-corrected chi connectivity index (χ3v) is 5.84. The van der Waals surface area contributed by atoms with E-state index >= 15 is 0 Å².